The molecular weight excluding hydrogens is 142 g/mol. The van der Waals surface area contributed by atoms with Crippen LogP contribution in [0.5, 0.6) is 0 Å². The van der Waals surface area contributed by atoms with Crippen LogP contribution in [0.2, 0.25) is 0 Å². The lowest BCUT2D eigenvalue weighted by atomic mass is 10.3. The van der Waals surface area contributed by atoms with Gasteiger partial charge in [-0.15, -0.1) is 0 Å². The Morgan fingerprint density at radius 2 is 1.82 bits per heavy atom. The van der Waals surface area contributed by atoms with Crippen molar-refractivity contribution in [3.05, 3.63) is 12.3 Å². The molecule has 1 aliphatic rings. The minimum absolute atomic E-state index is 0.292. The van der Waals surface area contributed by atoms with Crippen molar-refractivity contribution in [2.45, 2.75) is 32.7 Å². The van der Waals surface area contributed by atoms with E-state index in [-0.39, 0.29) is 0 Å². The molecule has 0 amide bonds. The quantitative estimate of drug-likeness (QED) is 0.571. The van der Waals surface area contributed by atoms with Gasteiger partial charge in [-0.2, -0.15) is 0 Å². The summed E-state index contributed by atoms with van der Waals surface area (Å²) >= 11 is 0. The maximum Gasteiger partial charge on any atom is 0.193 e. The summed E-state index contributed by atoms with van der Waals surface area (Å²) in [6.45, 7) is 4.22. The summed E-state index contributed by atoms with van der Waals surface area (Å²) in [7, 11) is 0. The zero-order chi connectivity index (χ0) is 8.48. The number of rotatable bonds is 2. The van der Waals surface area contributed by atoms with Crippen LogP contribution in [0.4, 0.5) is 0 Å². The van der Waals surface area contributed by atoms with Crippen molar-refractivity contribution >= 4 is 0 Å². The van der Waals surface area contributed by atoms with Crippen molar-refractivity contribution in [3.63, 3.8) is 0 Å². The zero-order valence-corrected chi connectivity index (χ0v) is 7.07. The fourth-order valence-electron chi connectivity index (χ4n) is 1.58. The molecule has 2 atom stereocenters. The zero-order valence-electron chi connectivity index (χ0n) is 7.07. The second-order valence-electron chi connectivity index (χ2n) is 3.16. The number of quaternary nitrogens is 1. The molecular formula is C8H16NO2+. The van der Waals surface area contributed by atoms with Crippen molar-refractivity contribution in [2.75, 3.05) is 6.54 Å². The first-order chi connectivity index (χ1) is 5.09. The molecule has 0 fully saturated rings. The van der Waals surface area contributed by atoms with E-state index < -0.39 is 12.5 Å². The van der Waals surface area contributed by atoms with E-state index in [9.17, 15) is 10.2 Å². The summed E-state index contributed by atoms with van der Waals surface area (Å²) in [4.78, 5) is 0. The first kappa shape index (κ1) is 8.71. The van der Waals surface area contributed by atoms with Crippen LogP contribution >= 0.6 is 0 Å². The van der Waals surface area contributed by atoms with Gasteiger partial charge in [-0.25, -0.2) is 4.48 Å². The molecule has 0 saturated carbocycles. The highest BCUT2D eigenvalue weighted by Gasteiger charge is 2.37. The van der Waals surface area contributed by atoms with Gasteiger partial charge in [-0.3, -0.25) is 0 Å². The summed E-state index contributed by atoms with van der Waals surface area (Å²) < 4.78 is 0.292. The highest BCUT2D eigenvalue weighted by molar-refractivity contribution is 4.82. The summed E-state index contributed by atoms with van der Waals surface area (Å²) in [6, 6.07) is 0. The van der Waals surface area contributed by atoms with Crippen molar-refractivity contribution in [3.8, 4) is 0 Å². The fourth-order valence-corrected chi connectivity index (χ4v) is 1.58. The number of aliphatic hydroxyl groups is 2. The van der Waals surface area contributed by atoms with Crippen LogP contribution in [0.3, 0.4) is 0 Å². The van der Waals surface area contributed by atoms with Gasteiger partial charge in [0.1, 0.15) is 0 Å². The maximum absolute atomic E-state index is 9.43. The molecule has 2 N–H and O–H groups in total. The Morgan fingerprint density at radius 3 is 2.00 bits per heavy atom. The third-order valence-electron chi connectivity index (χ3n) is 2.46. The Bertz CT molecular complexity index is 155. The van der Waals surface area contributed by atoms with Gasteiger partial charge < -0.3 is 10.2 Å². The Balaban J connectivity index is 2.80. The van der Waals surface area contributed by atoms with Gasteiger partial charge in [0.05, 0.1) is 12.7 Å². The monoisotopic (exact) mass is 158 g/mol. The van der Waals surface area contributed by atoms with Gasteiger partial charge >= 0.3 is 0 Å². The van der Waals surface area contributed by atoms with E-state index >= 15 is 0 Å². The molecule has 2 unspecified atom stereocenters. The van der Waals surface area contributed by atoms with Gasteiger partial charge in [0.25, 0.3) is 0 Å². The molecule has 1 aliphatic heterocycles. The van der Waals surface area contributed by atoms with Gasteiger partial charge in [-0.1, -0.05) is 0 Å². The smallest absolute Gasteiger partial charge is 0.193 e. The van der Waals surface area contributed by atoms with Crippen LogP contribution in [-0.4, -0.2) is 33.7 Å². The molecule has 0 bridgehead atoms. The van der Waals surface area contributed by atoms with Gasteiger partial charge in [0.2, 0.25) is 0 Å². The van der Waals surface area contributed by atoms with Crippen molar-refractivity contribution in [1.29, 1.82) is 0 Å². The van der Waals surface area contributed by atoms with Crippen LogP contribution < -0.4 is 0 Å². The fraction of sp³-hybridized carbons (Fsp3) is 0.750. The Labute approximate surface area is 67.2 Å². The van der Waals surface area contributed by atoms with E-state index in [0.29, 0.717) is 4.48 Å². The molecule has 0 radical (unpaired) electrons. The molecule has 11 heavy (non-hydrogen) atoms. The van der Waals surface area contributed by atoms with Crippen LogP contribution in [0.25, 0.3) is 0 Å². The molecule has 0 saturated heterocycles. The molecule has 64 valence electrons. The summed E-state index contributed by atoms with van der Waals surface area (Å²) in [5.74, 6) is 0. The molecule has 3 nitrogen and oxygen atoms in total. The number of nitrogens with zero attached hydrogens (tertiary/aromatic N) is 1. The average Bonchev–Trinajstić information content (AvgIpc) is 2.34. The predicted molar refractivity (Wildman–Crippen MR) is 42.2 cm³/mol. The molecule has 0 aromatic heterocycles. The number of hydrogen-bond acceptors (Lipinski definition) is 2. The number of hydrogen-bond donors (Lipinski definition) is 2. The highest BCUT2D eigenvalue weighted by atomic mass is 16.3. The largest absolute Gasteiger partial charge is 0.345 e. The lowest BCUT2D eigenvalue weighted by Gasteiger charge is -2.36. The molecule has 1 heterocycles. The molecule has 0 spiro atoms. The van der Waals surface area contributed by atoms with Crippen LogP contribution in [0.15, 0.2) is 12.3 Å². The van der Waals surface area contributed by atoms with E-state index in [1.54, 1.807) is 13.8 Å². The van der Waals surface area contributed by atoms with Crippen molar-refractivity contribution in [1.82, 2.24) is 0 Å². The van der Waals surface area contributed by atoms with Crippen molar-refractivity contribution in [2.24, 2.45) is 0 Å². The predicted octanol–water partition coefficient (Wildman–Crippen LogP) is 0.397. The Morgan fingerprint density at radius 1 is 1.27 bits per heavy atom. The molecule has 0 aliphatic carbocycles. The van der Waals surface area contributed by atoms with E-state index in [1.807, 2.05) is 12.3 Å². The summed E-state index contributed by atoms with van der Waals surface area (Å²) in [5, 5.41) is 18.9. The van der Waals surface area contributed by atoms with E-state index in [4.69, 9.17) is 0 Å². The Hall–Kier alpha value is -0.380. The van der Waals surface area contributed by atoms with Gasteiger partial charge in [-0.05, 0) is 6.08 Å². The van der Waals surface area contributed by atoms with Crippen LogP contribution in [0, 0.1) is 0 Å². The van der Waals surface area contributed by atoms with Crippen molar-refractivity contribution < 1.29 is 14.7 Å². The second kappa shape index (κ2) is 2.93. The lowest BCUT2D eigenvalue weighted by molar-refractivity contribution is -0.959. The van der Waals surface area contributed by atoms with Gasteiger partial charge in [0, 0.05) is 20.3 Å². The normalized spacial score (nSPS) is 35.6. The van der Waals surface area contributed by atoms with E-state index in [0.717, 1.165) is 13.0 Å². The first-order valence-corrected chi connectivity index (χ1v) is 4.00. The average molecular weight is 158 g/mol. The second-order valence-corrected chi connectivity index (χ2v) is 3.16. The minimum atomic E-state index is -0.520. The first-order valence-electron chi connectivity index (χ1n) is 4.00. The van der Waals surface area contributed by atoms with Crippen LogP contribution in [0.1, 0.15) is 20.3 Å². The molecule has 3 heteroatoms. The third kappa shape index (κ3) is 1.31. The molecule has 0 aromatic carbocycles. The van der Waals surface area contributed by atoms with E-state index in [2.05, 4.69) is 0 Å². The SMILES string of the molecule is CC(O)[N+]1(C(C)O)C=CCC1. The Kier molecular flexibility index (Phi) is 2.32. The topological polar surface area (TPSA) is 40.5 Å². The summed E-state index contributed by atoms with van der Waals surface area (Å²) in [6.07, 6.45) is 3.78. The lowest BCUT2D eigenvalue weighted by Crippen LogP contribution is -2.54. The van der Waals surface area contributed by atoms with E-state index in [1.165, 1.54) is 0 Å². The highest BCUT2D eigenvalue weighted by Crippen LogP contribution is 2.23. The standard InChI is InChI=1S/C8H16NO2/c1-7(10)9(8(2)11)5-3-4-6-9/h3,5,7-8,10-11H,4,6H2,1-2H3/q+1. The minimum Gasteiger partial charge on any atom is -0.345 e. The maximum atomic E-state index is 9.43. The summed E-state index contributed by atoms with van der Waals surface area (Å²) in [5.41, 5.74) is 0. The number of aliphatic hydroxyl groups excluding tert-OH is 2. The molecule has 0 aromatic rings. The molecule has 1 rings (SSSR count). The van der Waals surface area contributed by atoms with Crippen LogP contribution in [-0.2, 0) is 0 Å². The van der Waals surface area contributed by atoms with Gasteiger partial charge in [0.15, 0.2) is 12.5 Å². The third-order valence-corrected chi connectivity index (χ3v) is 2.46.